The first kappa shape index (κ1) is 26.8. The summed E-state index contributed by atoms with van der Waals surface area (Å²) in [7, 11) is 0. The minimum Gasteiger partial charge on any atom is -0.345 e. The number of nitrogens with one attached hydrogen (secondary N) is 2. The molecule has 0 spiro atoms. The van der Waals surface area contributed by atoms with Gasteiger partial charge in [0.1, 0.15) is 18.4 Å². The molecule has 5 atom stereocenters. The molecule has 0 aliphatic carbocycles. The number of tetrazole rings is 1. The maximum atomic E-state index is 14.1. The molecule has 12 heteroatoms. The molecule has 4 heterocycles. The van der Waals surface area contributed by atoms with Crippen molar-refractivity contribution in [3.63, 3.8) is 0 Å². The third-order valence-electron chi connectivity index (χ3n) is 8.12. The smallest absolute Gasteiger partial charge is 0.245 e. The highest BCUT2D eigenvalue weighted by Crippen LogP contribution is 2.36. The second-order valence-corrected chi connectivity index (χ2v) is 11.0. The number of rotatable bonds is 5. The number of aromatic nitrogens is 4. The van der Waals surface area contributed by atoms with Gasteiger partial charge in [-0.25, -0.2) is 4.68 Å². The van der Waals surface area contributed by atoms with E-state index < -0.39 is 12.1 Å². The van der Waals surface area contributed by atoms with Gasteiger partial charge in [-0.1, -0.05) is 30.3 Å². The largest absolute Gasteiger partial charge is 0.345 e. The van der Waals surface area contributed by atoms with Crippen LogP contribution in [0.15, 0.2) is 36.7 Å². The average molecular weight is 537 g/mol. The fourth-order valence-electron chi connectivity index (χ4n) is 6.22. The summed E-state index contributed by atoms with van der Waals surface area (Å²) < 4.78 is 1.54. The van der Waals surface area contributed by atoms with Crippen LogP contribution in [0.5, 0.6) is 0 Å². The third-order valence-corrected chi connectivity index (χ3v) is 8.12. The predicted molar refractivity (Wildman–Crippen MR) is 140 cm³/mol. The molecule has 2 bridgehead atoms. The van der Waals surface area contributed by atoms with Crippen molar-refractivity contribution < 1.29 is 19.2 Å². The molecule has 1 aromatic heterocycles. The Labute approximate surface area is 227 Å². The van der Waals surface area contributed by atoms with E-state index in [1.54, 1.807) is 11.6 Å². The number of likely N-dealkylation sites (tertiary alicyclic amines) is 1. The second-order valence-electron chi connectivity index (χ2n) is 11.0. The third kappa shape index (κ3) is 6.43. The number of hydrogen-bond acceptors (Lipinski definition) is 7. The number of carbonyl (C=O) groups excluding carboxylic acids is 4. The first-order valence-corrected chi connectivity index (χ1v) is 13.8. The molecule has 3 aliphatic rings. The lowest BCUT2D eigenvalue weighted by atomic mass is 9.77. The lowest BCUT2D eigenvalue weighted by Crippen LogP contribution is -2.64. The van der Waals surface area contributed by atoms with Gasteiger partial charge in [0, 0.05) is 44.9 Å². The molecular formula is C27H36N8O4. The number of nitrogens with zero attached hydrogens (tertiary/aromatic N) is 6. The summed E-state index contributed by atoms with van der Waals surface area (Å²) in [6.45, 7) is 3.75. The first-order chi connectivity index (χ1) is 18.9. The minimum atomic E-state index is -0.742. The van der Waals surface area contributed by atoms with Gasteiger partial charge in [0.2, 0.25) is 23.6 Å². The van der Waals surface area contributed by atoms with Crippen LogP contribution in [0.3, 0.4) is 0 Å². The van der Waals surface area contributed by atoms with Gasteiger partial charge in [0.25, 0.3) is 0 Å². The quantitative estimate of drug-likeness (QED) is 0.554. The maximum absolute atomic E-state index is 14.1. The van der Waals surface area contributed by atoms with Crippen molar-refractivity contribution in [1.29, 1.82) is 0 Å². The molecule has 1 aromatic carbocycles. The number of aryl methyl sites for hydroxylation is 1. The van der Waals surface area contributed by atoms with Crippen LogP contribution in [-0.2, 0) is 32.1 Å². The Hall–Kier alpha value is -3.83. The van der Waals surface area contributed by atoms with Gasteiger partial charge < -0.3 is 20.4 Å². The van der Waals surface area contributed by atoms with Crippen molar-refractivity contribution in [2.75, 3.05) is 19.6 Å². The lowest BCUT2D eigenvalue weighted by Gasteiger charge is -2.51. The highest BCUT2D eigenvalue weighted by molar-refractivity contribution is 5.92. The molecule has 2 aromatic rings. The van der Waals surface area contributed by atoms with E-state index >= 15 is 0 Å². The van der Waals surface area contributed by atoms with Gasteiger partial charge in [-0.15, -0.1) is 5.10 Å². The SMILES string of the molecule is C[C@H]1NC(=O)CCC[C@H]2[C@@H]3C[C@@H](CN(C(=O)CCn4cnnn4)C3)CN2C(=O)[C@H](Cc2ccccc2)NC1=O. The second kappa shape index (κ2) is 11.9. The normalized spacial score (nSPS) is 28.0. The van der Waals surface area contributed by atoms with E-state index in [1.807, 2.05) is 40.1 Å². The number of carbonyl (C=O) groups is 4. The van der Waals surface area contributed by atoms with E-state index in [1.165, 1.54) is 6.33 Å². The Morgan fingerprint density at radius 2 is 1.90 bits per heavy atom. The zero-order chi connectivity index (χ0) is 27.4. The highest BCUT2D eigenvalue weighted by atomic mass is 16.2. The Kier molecular flexibility index (Phi) is 8.18. The number of amides is 4. The fourth-order valence-corrected chi connectivity index (χ4v) is 6.22. The van der Waals surface area contributed by atoms with Crippen molar-refractivity contribution in [3.05, 3.63) is 42.2 Å². The zero-order valence-electron chi connectivity index (χ0n) is 22.2. The van der Waals surface area contributed by atoms with Gasteiger partial charge in [-0.2, -0.15) is 0 Å². The van der Waals surface area contributed by atoms with Gasteiger partial charge in [0.15, 0.2) is 0 Å². The monoisotopic (exact) mass is 536 g/mol. The van der Waals surface area contributed by atoms with E-state index in [0.717, 1.165) is 12.0 Å². The molecule has 2 N–H and O–H groups in total. The number of hydrogen-bond donors (Lipinski definition) is 2. The van der Waals surface area contributed by atoms with E-state index in [4.69, 9.17) is 0 Å². The molecule has 3 fully saturated rings. The molecule has 39 heavy (non-hydrogen) atoms. The summed E-state index contributed by atoms with van der Waals surface area (Å²) in [6.07, 6.45) is 4.66. The lowest BCUT2D eigenvalue weighted by molar-refractivity contribution is -0.149. The van der Waals surface area contributed by atoms with Crippen LogP contribution in [0.25, 0.3) is 0 Å². The van der Waals surface area contributed by atoms with E-state index in [-0.39, 0.29) is 47.9 Å². The Morgan fingerprint density at radius 3 is 2.67 bits per heavy atom. The van der Waals surface area contributed by atoms with E-state index in [0.29, 0.717) is 51.9 Å². The molecule has 0 saturated carbocycles. The zero-order valence-corrected chi connectivity index (χ0v) is 22.2. The Balaban J connectivity index is 1.35. The number of piperidine rings is 2. The topological polar surface area (TPSA) is 142 Å². The average Bonchev–Trinajstić information content (AvgIpc) is 3.45. The number of fused-ring (bicyclic) bond motifs is 4. The molecule has 208 valence electrons. The molecule has 4 amide bonds. The van der Waals surface area contributed by atoms with Crippen LogP contribution in [0, 0.1) is 11.8 Å². The fraction of sp³-hybridized carbons (Fsp3) is 0.593. The maximum Gasteiger partial charge on any atom is 0.245 e. The standard InChI is InChI=1S/C27H36N8O4/c1-18-26(38)30-22(13-19-6-3-2-4-7-19)27(39)35-15-20-12-21(23(35)8-5-9-24(36)29-18)16-33(14-20)25(37)10-11-34-17-28-31-32-34/h2-4,6-7,17-18,20-23H,5,8-16H2,1H3,(H,29,36)(H,30,38)/t18-,20+,21-,22+,23+/m1/s1. The molecule has 3 saturated heterocycles. The van der Waals surface area contributed by atoms with Crippen molar-refractivity contribution in [2.24, 2.45) is 11.8 Å². The first-order valence-electron chi connectivity index (χ1n) is 13.8. The molecule has 0 radical (unpaired) electrons. The van der Waals surface area contributed by atoms with Crippen LogP contribution < -0.4 is 10.6 Å². The number of benzene rings is 1. The van der Waals surface area contributed by atoms with Crippen molar-refractivity contribution in [3.8, 4) is 0 Å². The molecular weight excluding hydrogens is 500 g/mol. The van der Waals surface area contributed by atoms with Crippen molar-refractivity contribution >= 4 is 23.6 Å². The van der Waals surface area contributed by atoms with Crippen LogP contribution in [0.4, 0.5) is 0 Å². The molecule has 0 unspecified atom stereocenters. The van der Waals surface area contributed by atoms with E-state index in [9.17, 15) is 19.2 Å². The molecule has 12 nitrogen and oxygen atoms in total. The summed E-state index contributed by atoms with van der Waals surface area (Å²) in [5, 5.41) is 16.8. The van der Waals surface area contributed by atoms with Gasteiger partial charge in [-0.05, 0) is 54.0 Å². The predicted octanol–water partition coefficient (Wildman–Crippen LogP) is 0.155. The van der Waals surface area contributed by atoms with E-state index in [2.05, 4.69) is 26.2 Å². The summed E-state index contributed by atoms with van der Waals surface area (Å²) in [5.41, 5.74) is 0.952. The van der Waals surface area contributed by atoms with Gasteiger partial charge in [0.05, 0.1) is 6.54 Å². The summed E-state index contributed by atoms with van der Waals surface area (Å²) in [5.74, 6) is -0.320. The summed E-state index contributed by atoms with van der Waals surface area (Å²) >= 11 is 0. The van der Waals surface area contributed by atoms with Crippen molar-refractivity contribution in [1.82, 2.24) is 40.6 Å². The summed E-state index contributed by atoms with van der Waals surface area (Å²) in [6, 6.07) is 8.06. The van der Waals surface area contributed by atoms with Crippen LogP contribution in [-0.4, -0.2) is 91.4 Å². The van der Waals surface area contributed by atoms with Crippen LogP contribution in [0.1, 0.15) is 44.6 Å². The van der Waals surface area contributed by atoms with Gasteiger partial charge >= 0.3 is 0 Å². The van der Waals surface area contributed by atoms with Gasteiger partial charge in [-0.3, -0.25) is 19.2 Å². The van der Waals surface area contributed by atoms with Crippen molar-refractivity contribution in [2.45, 2.75) is 70.1 Å². The Morgan fingerprint density at radius 1 is 1.08 bits per heavy atom. The minimum absolute atomic E-state index is 0.0516. The Bertz CT molecular complexity index is 1170. The summed E-state index contributed by atoms with van der Waals surface area (Å²) in [4.78, 5) is 56.6. The van der Waals surface area contributed by atoms with Crippen LogP contribution in [0.2, 0.25) is 0 Å². The molecule has 5 rings (SSSR count). The highest BCUT2D eigenvalue weighted by Gasteiger charge is 2.45. The molecule has 3 aliphatic heterocycles. The van der Waals surface area contributed by atoms with Crippen LogP contribution >= 0.6 is 0 Å².